The van der Waals surface area contributed by atoms with Crippen LogP contribution < -0.4 is 5.32 Å². The molecule has 0 aliphatic rings. The Morgan fingerprint density at radius 2 is 2.33 bits per heavy atom. The van der Waals surface area contributed by atoms with Crippen LogP contribution in [0.15, 0.2) is 30.5 Å². The maximum atomic E-state index is 5.93. The van der Waals surface area contributed by atoms with Crippen molar-refractivity contribution in [1.29, 1.82) is 0 Å². The Balaban J connectivity index is 1.97. The van der Waals surface area contributed by atoms with Crippen molar-refractivity contribution < 1.29 is 4.74 Å². The molecule has 0 spiro atoms. The third kappa shape index (κ3) is 3.53. The lowest BCUT2D eigenvalue weighted by molar-refractivity contribution is 0.199. The number of hydrogen-bond donors (Lipinski definition) is 1. The first kappa shape index (κ1) is 13.0. The van der Waals surface area contributed by atoms with Gasteiger partial charge in [0.2, 0.25) is 0 Å². The summed E-state index contributed by atoms with van der Waals surface area (Å²) in [5.41, 5.74) is 1.78. The molecule has 0 unspecified atom stereocenters. The van der Waals surface area contributed by atoms with Gasteiger partial charge in [-0.3, -0.25) is 0 Å². The van der Waals surface area contributed by atoms with Crippen LogP contribution in [0.1, 0.15) is 5.69 Å². The van der Waals surface area contributed by atoms with Gasteiger partial charge >= 0.3 is 0 Å². The summed E-state index contributed by atoms with van der Waals surface area (Å²) in [4.78, 5) is 0. The molecule has 1 N–H and O–H groups in total. The summed E-state index contributed by atoms with van der Waals surface area (Å²) in [6.07, 6.45) is 1.88. The molecule has 0 atom stereocenters. The van der Waals surface area contributed by atoms with E-state index in [2.05, 4.69) is 15.6 Å². The molecule has 0 aliphatic heterocycles. The van der Waals surface area contributed by atoms with Crippen molar-refractivity contribution in [3.05, 3.63) is 41.2 Å². The molecule has 0 bridgehead atoms. The Hall–Kier alpha value is -1.43. The molecule has 0 saturated carbocycles. The van der Waals surface area contributed by atoms with Gasteiger partial charge in [0, 0.05) is 25.2 Å². The second kappa shape index (κ2) is 6.49. The van der Waals surface area contributed by atoms with E-state index in [-0.39, 0.29) is 0 Å². The van der Waals surface area contributed by atoms with Crippen LogP contribution in [0.25, 0.3) is 5.69 Å². The van der Waals surface area contributed by atoms with Crippen LogP contribution >= 0.6 is 11.6 Å². The van der Waals surface area contributed by atoms with Gasteiger partial charge in [0.25, 0.3) is 0 Å². The normalized spacial score (nSPS) is 10.8. The Labute approximate surface area is 111 Å². The summed E-state index contributed by atoms with van der Waals surface area (Å²) < 4.78 is 6.66. The van der Waals surface area contributed by atoms with Gasteiger partial charge in [-0.1, -0.05) is 22.9 Å². The van der Waals surface area contributed by atoms with E-state index in [1.54, 1.807) is 11.8 Å². The molecule has 0 fully saturated rings. The van der Waals surface area contributed by atoms with Gasteiger partial charge in [-0.05, 0) is 18.2 Å². The van der Waals surface area contributed by atoms with Gasteiger partial charge in [0.1, 0.15) is 0 Å². The first-order valence-electron chi connectivity index (χ1n) is 5.66. The summed E-state index contributed by atoms with van der Waals surface area (Å²) in [5.74, 6) is 0. The number of methoxy groups -OCH3 is 1. The first-order valence-corrected chi connectivity index (χ1v) is 6.04. The molecule has 2 aromatic rings. The molecule has 5 nitrogen and oxygen atoms in total. The zero-order valence-corrected chi connectivity index (χ0v) is 10.9. The largest absolute Gasteiger partial charge is 0.383 e. The standard InChI is InChI=1S/C12H15ClN4O/c1-18-6-5-14-8-11-9-17(16-15-11)12-4-2-3-10(13)7-12/h2-4,7,9,14H,5-6,8H2,1H3. The second-order valence-electron chi connectivity index (χ2n) is 3.80. The van der Waals surface area contributed by atoms with Gasteiger partial charge in [0.05, 0.1) is 24.2 Å². The highest BCUT2D eigenvalue weighted by atomic mass is 35.5. The molecule has 0 saturated heterocycles. The molecule has 0 radical (unpaired) electrons. The van der Waals surface area contributed by atoms with Crippen LogP contribution in [-0.2, 0) is 11.3 Å². The van der Waals surface area contributed by atoms with E-state index >= 15 is 0 Å². The molecule has 1 heterocycles. The maximum Gasteiger partial charge on any atom is 0.0969 e. The fraction of sp³-hybridized carbons (Fsp3) is 0.333. The second-order valence-corrected chi connectivity index (χ2v) is 4.24. The SMILES string of the molecule is COCCNCc1cn(-c2cccc(Cl)c2)nn1. The van der Waals surface area contributed by atoms with E-state index in [0.29, 0.717) is 18.2 Å². The number of rotatable bonds is 6. The van der Waals surface area contributed by atoms with E-state index in [1.165, 1.54) is 0 Å². The molecule has 0 aliphatic carbocycles. The zero-order valence-electron chi connectivity index (χ0n) is 10.1. The topological polar surface area (TPSA) is 52.0 Å². The van der Waals surface area contributed by atoms with Crippen molar-refractivity contribution >= 4 is 11.6 Å². The Kier molecular flexibility index (Phi) is 4.69. The Morgan fingerprint density at radius 1 is 1.44 bits per heavy atom. The van der Waals surface area contributed by atoms with Crippen molar-refractivity contribution in [3.8, 4) is 5.69 Å². The predicted molar refractivity (Wildman–Crippen MR) is 70.0 cm³/mol. The van der Waals surface area contributed by atoms with Crippen molar-refractivity contribution in [2.75, 3.05) is 20.3 Å². The van der Waals surface area contributed by atoms with Crippen LogP contribution in [0, 0.1) is 0 Å². The fourth-order valence-electron chi connectivity index (χ4n) is 1.51. The Bertz CT molecular complexity index is 500. The van der Waals surface area contributed by atoms with E-state index in [9.17, 15) is 0 Å². The van der Waals surface area contributed by atoms with Crippen LogP contribution in [0.3, 0.4) is 0 Å². The van der Waals surface area contributed by atoms with Gasteiger partial charge in [0.15, 0.2) is 0 Å². The van der Waals surface area contributed by atoms with Crippen LogP contribution in [0.4, 0.5) is 0 Å². The van der Waals surface area contributed by atoms with E-state index < -0.39 is 0 Å². The van der Waals surface area contributed by atoms with Gasteiger partial charge in [-0.25, -0.2) is 4.68 Å². The summed E-state index contributed by atoms with van der Waals surface area (Å²) in [6, 6.07) is 7.49. The smallest absolute Gasteiger partial charge is 0.0969 e. The zero-order chi connectivity index (χ0) is 12.8. The number of nitrogens with zero attached hydrogens (tertiary/aromatic N) is 3. The molecule has 96 valence electrons. The van der Waals surface area contributed by atoms with Crippen molar-refractivity contribution in [2.45, 2.75) is 6.54 Å². The molecule has 18 heavy (non-hydrogen) atoms. The number of benzene rings is 1. The fourth-order valence-corrected chi connectivity index (χ4v) is 1.70. The maximum absolute atomic E-state index is 5.93. The minimum Gasteiger partial charge on any atom is -0.383 e. The van der Waals surface area contributed by atoms with Crippen molar-refractivity contribution in [3.63, 3.8) is 0 Å². The average Bonchev–Trinajstić information content (AvgIpc) is 2.83. The minimum atomic E-state index is 0.671. The molecule has 1 aromatic carbocycles. The lowest BCUT2D eigenvalue weighted by Gasteiger charge is -2.00. The summed E-state index contributed by atoms with van der Waals surface area (Å²) in [6.45, 7) is 2.15. The van der Waals surface area contributed by atoms with E-state index in [1.807, 2.05) is 30.5 Å². The molecular formula is C12H15ClN4O. The van der Waals surface area contributed by atoms with Crippen LogP contribution in [0.2, 0.25) is 5.02 Å². The minimum absolute atomic E-state index is 0.671. The average molecular weight is 267 g/mol. The van der Waals surface area contributed by atoms with Gasteiger partial charge in [-0.2, -0.15) is 0 Å². The molecular weight excluding hydrogens is 252 g/mol. The summed E-state index contributed by atoms with van der Waals surface area (Å²) >= 11 is 5.93. The highest BCUT2D eigenvalue weighted by Crippen LogP contribution is 2.13. The summed E-state index contributed by atoms with van der Waals surface area (Å²) in [7, 11) is 1.68. The van der Waals surface area contributed by atoms with Crippen LogP contribution in [-0.4, -0.2) is 35.3 Å². The lowest BCUT2D eigenvalue weighted by Crippen LogP contribution is -2.18. The molecule has 6 heteroatoms. The number of nitrogens with one attached hydrogen (secondary N) is 1. The van der Waals surface area contributed by atoms with Crippen molar-refractivity contribution in [1.82, 2.24) is 20.3 Å². The highest BCUT2D eigenvalue weighted by molar-refractivity contribution is 6.30. The molecule has 0 amide bonds. The van der Waals surface area contributed by atoms with E-state index in [0.717, 1.165) is 17.9 Å². The lowest BCUT2D eigenvalue weighted by atomic mass is 10.3. The van der Waals surface area contributed by atoms with Gasteiger partial charge in [-0.15, -0.1) is 5.10 Å². The third-order valence-electron chi connectivity index (χ3n) is 2.40. The van der Waals surface area contributed by atoms with Gasteiger partial charge < -0.3 is 10.1 Å². The summed E-state index contributed by atoms with van der Waals surface area (Å²) in [5, 5.41) is 12.0. The number of aromatic nitrogens is 3. The number of halogens is 1. The molecule has 1 aromatic heterocycles. The highest BCUT2D eigenvalue weighted by Gasteiger charge is 2.02. The van der Waals surface area contributed by atoms with Crippen LogP contribution in [0.5, 0.6) is 0 Å². The van der Waals surface area contributed by atoms with Crippen molar-refractivity contribution in [2.24, 2.45) is 0 Å². The number of hydrogen-bond acceptors (Lipinski definition) is 4. The molecule has 2 rings (SSSR count). The third-order valence-corrected chi connectivity index (χ3v) is 2.64. The Morgan fingerprint density at radius 3 is 3.11 bits per heavy atom. The van der Waals surface area contributed by atoms with E-state index in [4.69, 9.17) is 16.3 Å². The first-order chi connectivity index (χ1) is 8.79. The number of ether oxygens (including phenoxy) is 1. The predicted octanol–water partition coefficient (Wildman–Crippen LogP) is 1.66. The quantitative estimate of drug-likeness (QED) is 0.808. The monoisotopic (exact) mass is 266 g/mol.